The first kappa shape index (κ1) is 11.3. The summed E-state index contributed by atoms with van der Waals surface area (Å²) in [7, 11) is 0. The summed E-state index contributed by atoms with van der Waals surface area (Å²) in [5, 5.41) is 0. The van der Waals surface area contributed by atoms with Crippen LogP contribution in [0.2, 0.25) is 0 Å². The molecular weight excluding hydrogens is 206 g/mol. The van der Waals surface area contributed by atoms with Crippen molar-refractivity contribution >= 4 is 0 Å². The molecule has 0 N–H and O–H groups in total. The first-order chi connectivity index (χ1) is 8.36. The van der Waals surface area contributed by atoms with Crippen molar-refractivity contribution in [2.45, 2.75) is 51.1 Å². The lowest BCUT2D eigenvalue weighted by Crippen LogP contribution is -2.18. The molecule has 0 spiro atoms. The van der Waals surface area contributed by atoms with Crippen LogP contribution in [0, 0.1) is 5.92 Å². The van der Waals surface area contributed by atoms with Gasteiger partial charge in [0.2, 0.25) is 0 Å². The molecule has 1 heterocycles. The van der Waals surface area contributed by atoms with Crippen molar-refractivity contribution in [3.63, 3.8) is 0 Å². The maximum Gasteiger partial charge on any atom is 0.0324 e. The minimum absolute atomic E-state index is 0.614. The fraction of sp³-hybridized carbons (Fsp3) is 0.625. The van der Waals surface area contributed by atoms with E-state index in [0.717, 1.165) is 12.0 Å². The summed E-state index contributed by atoms with van der Waals surface area (Å²) >= 11 is 0. The Morgan fingerprint density at radius 2 is 1.76 bits per heavy atom. The molecule has 2 fully saturated rings. The van der Waals surface area contributed by atoms with E-state index in [1.165, 1.54) is 44.2 Å². The highest BCUT2D eigenvalue weighted by atomic mass is 15.3. The van der Waals surface area contributed by atoms with E-state index in [0.29, 0.717) is 6.04 Å². The monoisotopic (exact) mass is 229 g/mol. The molecule has 0 radical (unpaired) electrons. The summed E-state index contributed by atoms with van der Waals surface area (Å²) in [6, 6.07) is 12.5. The highest BCUT2D eigenvalue weighted by Crippen LogP contribution is 2.41. The van der Waals surface area contributed by atoms with Gasteiger partial charge in [-0.1, -0.05) is 49.6 Å². The van der Waals surface area contributed by atoms with Gasteiger partial charge in [-0.3, -0.25) is 4.90 Å². The Morgan fingerprint density at radius 1 is 1.06 bits per heavy atom. The minimum atomic E-state index is 0.614. The van der Waals surface area contributed by atoms with Crippen molar-refractivity contribution in [1.29, 1.82) is 0 Å². The van der Waals surface area contributed by atoms with Crippen molar-refractivity contribution in [3.8, 4) is 0 Å². The Kier molecular flexibility index (Phi) is 3.19. The highest BCUT2D eigenvalue weighted by molar-refractivity contribution is 5.20. The number of benzene rings is 1. The van der Waals surface area contributed by atoms with Gasteiger partial charge in [0.25, 0.3) is 0 Å². The molecule has 1 unspecified atom stereocenters. The van der Waals surface area contributed by atoms with Crippen molar-refractivity contribution in [2.75, 3.05) is 6.54 Å². The van der Waals surface area contributed by atoms with Crippen LogP contribution in [0.25, 0.3) is 0 Å². The first-order valence-electron chi connectivity index (χ1n) is 7.17. The summed E-state index contributed by atoms with van der Waals surface area (Å²) < 4.78 is 0. The van der Waals surface area contributed by atoms with Gasteiger partial charge in [0.15, 0.2) is 0 Å². The van der Waals surface area contributed by atoms with Gasteiger partial charge >= 0.3 is 0 Å². The van der Waals surface area contributed by atoms with Crippen LogP contribution in [0.4, 0.5) is 0 Å². The zero-order valence-corrected chi connectivity index (χ0v) is 10.8. The molecule has 0 aromatic heterocycles. The van der Waals surface area contributed by atoms with E-state index >= 15 is 0 Å². The normalized spacial score (nSPS) is 31.1. The molecule has 92 valence electrons. The second-order valence-corrected chi connectivity index (χ2v) is 5.75. The maximum absolute atomic E-state index is 2.69. The van der Waals surface area contributed by atoms with E-state index in [2.05, 4.69) is 42.2 Å². The van der Waals surface area contributed by atoms with Gasteiger partial charge in [0, 0.05) is 18.6 Å². The summed E-state index contributed by atoms with van der Waals surface area (Å²) in [5.74, 6) is 0.995. The number of rotatable bonds is 3. The maximum atomic E-state index is 2.69. The SMILES string of the molecule is C[C@@H](c1ccccc1)N1C[C@@H]1C1CCCCC1. The third kappa shape index (κ3) is 2.40. The van der Waals surface area contributed by atoms with Gasteiger partial charge in [-0.15, -0.1) is 0 Å². The van der Waals surface area contributed by atoms with Crippen LogP contribution in [0.3, 0.4) is 0 Å². The molecule has 1 saturated carbocycles. The second-order valence-electron chi connectivity index (χ2n) is 5.75. The Hall–Kier alpha value is -0.820. The molecule has 1 aromatic carbocycles. The second kappa shape index (κ2) is 4.81. The first-order valence-corrected chi connectivity index (χ1v) is 7.17. The average molecular weight is 229 g/mol. The summed E-state index contributed by atoms with van der Waals surface area (Å²) in [6.45, 7) is 3.69. The van der Waals surface area contributed by atoms with Gasteiger partial charge < -0.3 is 0 Å². The van der Waals surface area contributed by atoms with Crippen LogP contribution in [0.1, 0.15) is 50.6 Å². The third-order valence-corrected chi connectivity index (χ3v) is 4.66. The number of hydrogen-bond acceptors (Lipinski definition) is 1. The Morgan fingerprint density at radius 3 is 2.47 bits per heavy atom. The fourth-order valence-electron chi connectivity index (χ4n) is 3.48. The molecular formula is C16H23N. The van der Waals surface area contributed by atoms with Crippen molar-refractivity contribution in [3.05, 3.63) is 35.9 Å². The molecule has 17 heavy (non-hydrogen) atoms. The lowest BCUT2D eigenvalue weighted by molar-refractivity contribution is 0.287. The number of hydrogen-bond donors (Lipinski definition) is 0. The van der Waals surface area contributed by atoms with Gasteiger partial charge in [-0.25, -0.2) is 0 Å². The molecule has 3 rings (SSSR count). The molecule has 1 aromatic rings. The predicted octanol–water partition coefficient (Wildman–Crippen LogP) is 4.01. The summed E-state index contributed by atoms with van der Waals surface area (Å²) in [6.07, 6.45) is 7.35. The van der Waals surface area contributed by atoms with Crippen LogP contribution in [-0.4, -0.2) is 17.5 Å². The van der Waals surface area contributed by atoms with E-state index in [1.54, 1.807) is 0 Å². The molecule has 3 atom stereocenters. The standard InChI is InChI=1S/C16H23N/c1-13(14-8-4-2-5-9-14)17-12-16(17)15-10-6-3-7-11-15/h2,4-5,8-9,13,15-16H,3,6-7,10-12H2,1H3/t13-,16+,17?/m0/s1. The van der Waals surface area contributed by atoms with Crippen LogP contribution in [0.15, 0.2) is 30.3 Å². The predicted molar refractivity (Wildman–Crippen MR) is 71.9 cm³/mol. The summed E-state index contributed by atoms with van der Waals surface area (Å²) in [5.41, 5.74) is 1.48. The fourth-order valence-corrected chi connectivity index (χ4v) is 3.48. The Balaban J connectivity index is 1.60. The lowest BCUT2D eigenvalue weighted by atomic mass is 9.87. The minimum Gasteiger partial charge on any atom is -0.291 e. The van der Waals surface area contributed by atoms with Gasteiger partial charge in [-0.05, 0) is 31.2 Å². The zero-order chi connectivity index (χ0) is 11.7. The molecule has 1 heteroatoms. The van der Waals surface area contributed by atoms with Crippen LogP contribution >= 0.6 is 0 Å². The zero-order valence-electron chi connectivity index (χ0n) is 10.8. The third-order valence-electron chi connectivity index (χ3n) is 4.66. The largest absolute Gasteiger partial charge is 0.291 e. The van der Waals surface area contributed by atoms with E-state index in [4.69, 9.17) is 0 Å². The van der Waals surface area contributed by atoms with Crippen molar-refractivity contribution < 1.29 is 0 Å². The van der Waals surface area contributed by atoms with Crippen LogP contribution in [0.5, 0.6) is 0 Å². The topological polar surface area (TPSA) is 3.01 Å². The van der Waals surface area contributed by atoms with Gasteiger partial charge in [0.1, 0.15) is 0 Å². The van der Waals surface area contributed by atoms with Gasteiger partial charge in [-0.2, -0.15) is 0 Å². The molecule has 2 aliphatic rings. The Bertz CT molecular complexity index is 353. The molecule has 1 aliphatic heterocycles. The molecule has 1 nitrogen and oxygen atoms in total. The van der Waals surface area contributed by atoms with Crippen molar-refractivity contribution in [1.82, 2.24) is 4.90 Å². The highest BCUT2D eigenvalue weighted by Gasteiger charge is 2.43. The van der Waals surface area contributed by atoms with Crippen molar-refractivity contribution in [2.24, 2.45) is 5.92 Å². The van der Waals surface area contributed by atoms with E-state index < -0.39 is 0 Å². The molecule has 1 saturated heterocycles. The Labute approximate surface area is 105 Å². The van der Waals surface area contributed by atoms with E-state index in [1.807, 2.05) is 0 Å². The quantitative estimate of drug-likeness (QED) is 0.708. The van der Waals surface area contributed by atoms with Crippen LogP contribution < -0.4 is 0 Å². The van der Waals surface area contributed by atoms with E-state index in [9.17, 15) is 0 Å². The molecule has 0 amide bonds. The molecule has 0 bridgehead atoms. The average Bonchev–Trinajstić information content (AvgIpc) is 3.20. The smallest absolute Gasteiger partial charge is 0.0324 e. The van der Waals surface area contributed by atoms with E-state index in [-0.39, 0.29) is 0 Å². The number of nitrogens with zero attached hydrogens (tertiary/aromatic N) is 1. The van der Waals surface area contributed by atoms with Crippen LogP contribution in [-0.2, 0) is 0 Å². The lowest BCUT2D eigenvalue weighted by Gasteiger charge is -2.23. The molecule has 1 aliphatic carbocycles. The summed E-state index contributed by atoms with van der Waals surface area (Å²) in [4.78, 5) is 2.69. The van der Waals surface area contributed by atoms with Gasteiger partial charge in [0.05, 0.1) is 0 Å².